The van der Waals surface area contributed by atoms with Gasteiger partial charge in [0.25, 0.3) is 0 Å². The molecule has 0 aliphatic heterocycles. The average molecular weight is 360 g/mol. The van der Waals surface area contributed by atoms with Gasteiger partial charge in [-0.05, 0) is 47.3 Å². The number of halogens is 1. The van der Waals surface area contributed by atoms with Crippen LogP contribution in [-0.2, 0) is 6.54 Å². The van der Waals surface area contributed by atoms with Gasteiger partial charge in [0.2, 0.25) is 0 Å². The van der Waals surface area contributed by atoms with Crippen LogP contribution < -0.4 is 10.2 Å². The fourth-order valence-electron chi connectivity index (χ4n) is 1.93. The van der Waals surface area contributed by atoms with Crippen molar-refractivity contribution >= 4 is 33.5 Å². The Labute approximate surface area is 136 Å². The summed E-state index contributed by atoms with van der Waals surface area (Å²) in [7, 11) is 2.14. The lowest BCUT2D eigenvalue weighted by molar-refractivity contribution is 0.583. The third-order valence-corrected chi connectivity index (χ3v) is 4.42. The summed E-state index contributed by atoms with van der Waals surface area (Å²) in [6.07, 6.45) is 5.21. The van der Waals surface area contributed by atoms with E-state index in [1.165, 1.54) is 17.7 Å². The van der Waals surface area contributed by atoms with E-state index in [4.69, 9.17) is 0 Å². The molecule has 1 heterocycles. The molecule has 1 atom stereocenters. The van der Waals surface area contributed by atoms with E-state index in [1.807, 2.05) is 18.0 Å². The second kappa shape index (κ2) is 8.90. The molecule has 0 aliphatic carbocycles. The fraction of sp³-hybridized carbons (Fsp3) is 0.667. The molecule has 3 nitrogen and oxygen atoms in total. The van der Waals surface area contributed by atoms with Gasteiger partial charge >= 0.3 is 0 Å². The van der Waals surface area contributed by atoms with E-state index in [0.29, 0.717) is 12.1 Å². The highest BCUT2D eigenvalue weighted by atomic mass is 79.9. The van der Waals surface area contributed by atoms with Crippen molar-refractivity contribution in [3.05, 3.63) is 22.3 Å². The lowest BCUT2D eigenvalue weighted by Gasteiger charge is -2.28. The predicted molar refractivity (Wildman–Crippen MR) is 94.8 cm³/mol. The van der Waals surface area contributed by atoms with E-state index in [-0.39, 0.29) is 0 Å². The van der Waals surface area contributed by atoms with Crippen molar-refractivity contribution in [1.29, 1.82) is 0 Å². The number of thioether (sulfide) groups is 1. The molecule has 0 bridgehead atoms. The summed E-state index contributed by atoms with van der Waals surface area (Å²) in [4.78, 5) is 6.91. The topological polar surface area (TPSA) is 28.2 Å². The number of hydrogen-bond acceptors (Lipinski definition) is 4. The predicted octanol–water partition coefficient (Wildman–Crippen LogP) is 3.92. The molecule has 0 aromatic carbocycles. The third kappa shape index (κ3) is 5.62. The van der Waals surface area contributed by atoms with E-state index in [2.05, 4.69) is 71.3 Å². The van der Waals surface area contributed by atoms with Crippen LogP contribution in [0, 0.1) is 0 Å². The summed E-state index contributed by atoms with van der Waals surface area (Å²) in [5.41, 5.74) is 1.24. The smallest absolute Gasteiger partial charge is 0.133 e. The van der Waals surface area contributed by atoms with E-state index in [9.17, 15) is 0 Å². The highest BCUT2D eigenvalue weighted by Crippen LogP contribution is 2.23. The van der Waals surface area contributed by atoms with Crippen molar-refractivity contribution in [3.63, 3.8) is 0 Å². The van der Waals surface area contributed by atoms with E-state index in [0.717, 1.165) is 16.8 Å². The molecule has 5 heteroatoms. The molecule has 0 aliphatic rings. The van der Waals surface area contributed by atoms with Gasteiger partial charge in [-0.2, -0.15) is 11.8 Å². The standard InChI is InChI=1S/C15H26BrN3S/c1-11(2)17-9-13-8-14(16)10-18-15(13)19(4)12(3)6-7-20-5/h8,10-12,17H,6-7,9H2,1-5H3. The normalized spacial score (nSPS) is 12.8. The minimum absolute atomic E-state index is 0.473. The van der Waals surface area contributed by atoms with Crippen LogP contribution in [0.5, 0.6) is 0 Å². The van der Waals surface area contributed by atoms with Crippen LogP contribution in [0.2, 0.25) is 0 Å². The highest BCUT2D eigenvalue weighted by Gasteiger charge is 2.15. The largest absolute Gasteiger partial charge is 0.357 e. The molecule has 20 heavy (non-hydrogen) atoms. The summed E-state index contributed by atoms with van der Waals surface area (Å²) in [6.45, 7) is 7.43. The number of nitrogens with one attached hydrogen (secondary N) is 1. The molecule has 1 unspecified atom stereocenters. The van der Waals surface area contributed by atoms with Gasteiger partial charge in [-0.15, -0.1) is 0 Å². The monoisotopic (exact) mass is 359 g/mol. The quantitative estimate of drug-likeness (QED) is 0.761. The Kier molecular flexibility index (Phi) is 7.92. The molecule has 1 aromatic rings. The Morgan fingerprint density at radius 2 is 2.10 bits per heavy atom. The highest BCUT2D eigenvalue weighted by molar-refractivity contribution is 9.10. The van der Waals surface area contributed by atoms with Crippen LogP contribution in [0.1, 0.15) is 32.8 Å². The second-order valence-corrected chi connectivity index (χ2v) is 7.31. The molecule has 0 amide bonds. The van der Waals surface area contributed by atoms with E-state index >= 15 is 0 Å². The van der Waals surface area contributed by atoms with Crippen LogP contribution in [0.25, 0.3) is 0 Å². The minimum atomic E-state index is 0.473. The molecule has 0 fully saturated rings. The first kappa shape index (κ1) is 17.8. The zero-order valence-corrected chi connectivity index (χ0v) is 15.5. The molecule has 0 saturated heterocycles. The lowest BCUT2D eigenvalue weighted by atomic mass is 10.2. The van der Waals surface area contributed by atoms with E-state index < -0.39 is 0 Å². The Morgan fingerprint density at radius 1 is 1.40 bits per heavy atom. The number of nitrogens with zero attached hydrogens (tertiary/aromatic N) is 2. The summed E-state index contributed by atoms with van der Waals surface area (Å²) >= 11 is 5.42. The maximum absolute atomic E-state index is 4.62. The molecule has 1 rings (SSSR count). The van der Waals surface area contributed by atoms with Gasteiger partial charge in [-0.1, -0.05) is 13.8 Å². The van der Waals surface area contributed by atoms with Gasteiger partial charge in [-0.25, -0.2) is 4.98 Å². The summed E-state index contributed by atoms with van der Waals surface area (Å²) in [5, 5.41) is 3.47. The van der Waals surface area contributed by atoms with Crippen LogP contribution in [0.15, 0.2) is 16.7 Å². The zero-order chi connectivity index (χ0) is 15.1. The second-order valence-electron chi connectivity index (χ2n) is 5.41. The minimum Gasteiger partial charge on any atom is -0.357 e. The number of pyridine rings is 1. The maximum atomic E-state index is 4.62. The first-order chi connectivity index (χ1) is 9.45. The lowest BCUT2D eigenvalue weighted by Crippen LogP contribution is -2.32. The molecule has 114 valence electrons. The first-order valence-electron chi connectivity index (χ1n) is 7.05. The van der Waals surface area contributed by atoms with Crippen molar-refractivity contribution in [2.45, 2.75) is 45.8 Å². The zero-order valence-electron chi connectivity index (χ0n) is 13.1. The van der Waals surface area contributed by atoms with Crippen molar-refractivity contribution in [2.75, 3.05) is 24.0 Å². The van der Waals surface area contributed by atoms with Gasteiger partial charge in [-0.3, -0.25) is 0 Å². The fourth-order valence-corrected chi connectivity index (χ4v) is 2.88. The Balaban J connectivity index is 2.86. The van der Waals surface area contributed by atoms with Crippen molar-refractivity contribution in [3.8, 4) is 0 Å². The van der Waals surface area contributed by atoms with Crippen LogP contribution in [-0.4, -0.2) is 36.1 Å². The maximum Gasteiger partial charge on any atom is 0.133 e. The average Bonchev–Trinajstić information content (AvgIpc) is 2.41. The Morgan fingerprint density at radius 3 is 2.70 bits per heavy atom. The summed E-state index contributed by atoms with van der Waals surface area (Å²) in [5.74, 6) is 2.26. The van der Waals surface area contributed by atoms with Crippen LogP contribution in [0.3, 0.4) is 0 Å². The van der Waals surface area contributed by atoms with Gasteiger partial charge in [0.15, 0.2) is 0 Å². The molecular formula is C15H26BrN3S. The molecule has 1 N–H and O–H groups in total. The van der Waals surface area contributed by atoms with Crippen LogP contribution >= 0.6 is 27.7 Å². The Hall–Kier alpha value is -0.260. The molecule has 0 radical (unpaired) electrons. The van der Waals surface area contributed by atoms with Crippen molar-refractivity contribution < 1.29 is 0 Å². The number of anilines is 1. The van der Waals surface area contributed by atoms with Gasteiger partial charge in [0.05, 0.1) is 0 Å². The molecule has 1 aromatic heterocycles. The van der Waals surface area contributed by atoms with E-state index in [1.54, 1.807) is 0 Å². The van der Waals surface area contributed by atoms with Crippen molar-refractivity contribution in [1.82, 2.24) is 10.3 Å². The summed E-state index contributed by atoms with van der Waals surface area (Å²) in [6, 6.07) is 3.13. The third-order valence-electron chi connectivity index (χ3n) is 3.35. The van der Waals surface area contributed by atoms with Crippen molar-refractivity contribution in [2.24, 2.45) is 0 Å². The van der Waals surface area contributed by atoms with Gasteiger partial charge < -0.3 is 10.2 Å². The molecule has 0 spiro atoms. The SMILES string of the molecule is CSCCC(C)N(C)c1ncc(Br)cc1CNC(C)C. The van der Waals surface area contributed by atoms with Gasteiger partial charge in [0.1, 0.15) is 5.82 Å². The Bertz CT molecular complexity index is 412. The molecule has 0 saturated carbocycles. The number of aromatic nitrogens is 1. The van der Waals surface area contributed by atoms with Gasteiger partial charge in [0, 0.05) is 41.9 Å². The first-order valence-corrected chi connectivity index (χ1v) is 9.24. The number of rotatable bonds is 8. The number of hydrogen-bond donors (Lipinski definition) is 1. The molecular weight excluding hydrogens is 334 g/mol. The summed E-state index contributed by atoms with van der Waals surface area (Å²) < 4.78 is 1.03. The van der Waals surface area contributed by atoms with Crippen LogP contribution in [0.4, 0.5) is 5.82 Å².